The van der Waals surface area contributed by atoms with E-state index in [9.17, 15) is 24.2 Å². The zero-order valence-corrected chi connectivity index (χ0v) is 20.6. The fourth-order valence-electron chi connectivity index (χ4n) is 4.41. The van der Waals surface area contributed by atoms with E-state index in [2.05, 4.69) is 0 Å². The number of anilines is 1. The molecule has 1 atom stereocenters. The first-order valence-electron chi connectivity index (χ1n) is 11.7. The summed E-state index contributed by atoms with van der Waals surface area (Å²) >= 11 is 0. The molecule has 2 N–H and O–H groups in total. The molecule has 0 radical (unpaired) electrons. The third-order valence-electron chi connectivity index (χ3n) is 6.10. The monoisotopic (exact) mass is 489 g/mol. The Morgan fingerprint density at radius 1 is 1.03 bits per heavy atom. The number of Topliss-reactive ketones (excluding diaryl/α,β-unsaturated/α-hetero) is 1. The van der Waals surface area contributed by atoms with Crippen LogP contribution in [0.3, 0.4) is 0 Å². The molecule has 1 unspecified atom stereocenters. The van der Waals surface area contributed by atoms with Gasteiger partial charge in [-0.05, 0) is 72.5 Å². The highest BCUT2D eigenvalue weighted by molar-refractivity contribution is 6.51. The van der Waals surface area contributed by atoms with Crippen molar-refractivity contribution in [1.29, 1.82) is 0 Å². The van der Waals surface area contributed by atoms with Gasteiger partial charge >= 0.3 is 0 Å². The maximum absolute atomic E-state index is 13.6. The van der Waals surface area contributed by atoms with Gasteiger partial charge in [0.2, 0.25) is 0 Å². The number of ketones is 1. The lowest BCUT2D eigenvalue weighted by Gasteiger charge is -2.26. The van der Waals surface area contributed by atoms with Crippen LogP contribution in [0.25, 0.3) is 5.76 Å². The van der Waals surface area contributed by atoms with E-state index < -0.39 is 23.5 Å². The summed E-state index contributed by atoms with van der Waals surface area (Å²) in [6.07, 6.45) is 0. The lowest BCUT2D eigenvalue weighted by molar-refractivity contribution is -0.132. The Morgan fingerprint density at radius 3 is 2.33 bits per heavy atom. The van der Waals surface area contributed by atoms with Crippen molar-refractivity contribution in [2.75, 3.05) is 11.5 Å². The van der Waals surface area contributed by atoms with Crippen molar-refractivity contribution in [1.82, 2.24) is 0 Å². The minimum absolute atomic E-state index is 0.0618. The fourth-order valence-corrected chi connectivity index (χ4v) is 4.41. The molecule has 3 aromatic rings. The molecule has 4 rings (SSSR count). The van der Waals surface area contributed by atoms with Crippen molar-refractivity contribution in [3.63, 3.8) is 0 Å². The van der Waals surface area contributed by atoms with E-state index in [0.717, 1.165) is 5.56 Å². The molecule has 0 bridgehead atoms. The van der Waals surface area contributed by atoms with Crippen LogP contribution < -0.4 is 9.64 Å². The fraction of sp³-hybridized carbons (Fsp3) is 0.241. The van der Waals surface area contributed by atoms with E-state index in [1.807, 2.05) is 27.7 Å². The number of carbonyl (C=O) groups excluding carboxylic acids is 2. The molecule has 186 valence electrons. The molecule has 1 aliphatic heterocycles. The van der Waals surface area contributed by atoms with E-state index in [1.54, 1.807) is 30.3 Å². The molecule has 3 aromatic carbocycles. The summed E-state index contributed by atoms with van der Waals surface area (Å²) in [6.45, 7) is 8.37. The number of phenols is 1. The van der Waals surface area contributed by atoms with Crippen molar-refractivity contribution in [2.45, 2.75) is 39.2 Å². The van der Waals surface area contributed by atoms with Crippen molar-refractivity contribution >= 4 is 23.1 Å². The van der Waals surface area contributed by atoms with Crippen LogP contribution in [0.4, 0.5) is 10.1 Å². The van der Waals surface area contributed by atoms with Gasteiger partial charge in [0, 0.05) is 16.8 Å². The number of aromatic hydroxyl groups is 1. The Kier molecular flexibility index (Phi) is 6.59. The summed E-state index contributed by atoms with van der Waals surface area (Å²) in [5.41, 5.74) is 1.43. The molecule has 6 nitrogen and oxygen atoms in total. The number of aliphatic hydroxyl groups is 1. The number of hydrogen-bond donors (Lipinski definition) is 2. The predicted molar refractivity (Wildman–Crippen MR) is 136 cm³/mol. The second-order valence-electron chi connectivity index (χ2n) is 9.63. The van der Waals surface area contributed by atoms with Crippen LogP contribution in [0.5, 0.6) is 11.5 Å². The number of amides is 1. The molecule has 0 aromatic heterocycles. The van der Waals surface area contributed by atoms with Crippen LogP contribution in [0, 0.1) is 5.82 Å². The average Bonchev–Trinajstić information content (AvgIpc) is 3.09. The van der Waals surface area contributed by atoms with Gasteiger partial charge in [0.25, 0.3) is 11.7 Å². The normalized spacial score (nSPS) is 17.5. The quantitative estimate of drug-likeness (QED) is 0.267. The maximum atomic E-state index is 13.6. The summed E-state index contributed by atoms with van der Waals surface area (Å²) in [5.74, 6) is -1.98. The zero-order chi connectivity index (χ0) is 26.2. The predicted octanol–water partition coefficient (Wildman–Crippen LogP) is 5.85. The van der Waals surface area contributed by atoms with Gasteiger partial charge in [-0.3, -0.25) is 14.5 Å². The number of carbonyl (C=O) groups is 2. The molecule has 36 heavy (non-hydrogen) atoms. The number of halogens is 1. The van der Waals surface area contributed by atoms with Gasteiger partial charge < -0.3 is 14.9 Å². The highest BCUT2D eigenvalue weighted by Crippen LogP contribution is 2.43. The molecule has 1 heterocycles. The SMILES string of the molecule is CCOc1ccc(/C(O)=C2/C(=O)C(=O)N(c3ccc(F)cc3)C2c2cccc(O)c2)cc1C(C)(C)C. The molecule has 1 saturated heterocycles. The van der Waals surface area contributed by atoms with E-state index in [4.69, 9.17) is 4.74 Å². The van der Waals surface area contributed by atoms with Crippen molar-refractivity contribution in [2.24, 2.45) is 0 Å². The first-order chi connectivity index (χ1) is 17.0. The Balaban J connectivity index is 1.95. The lowest BCUT2D eigenvalue weighted by atomic mass is 9.84. The molecule has 1 fully saturated rings. The van der Waals surface area contributed by atoms with Gasteiger partial charge in [-0.25, -0.2) is 4.39 Å². The summed E-state index contributed by atoms with van der Waals surface area (Å²) in [6, 6.07) is 15.4. The van der Waals surface area contributed by atoms with Gasteiger partial charge in [-0.2, -0.15) is 0 Å². The molecule has 1 aliphatic rings. The highest BCUT2D eigenvalue weighted by Gasteiger charge is 2.47. The molecule has 1 amide bonds. The molecule has 0 spiro atoms. The van der Waals surface area contributed by atoms with E-state index in [0.29, 0.717) is 23.5 Å². The van der Waals surface area contributed by atoms with Crippen LogP contribution in [0.2, 0.25) is 0 Å². The zero-order valence-electron chi connectivity index (χ0n) is 20.6. The van der Waals surface area contributed by atoms with Crippen LogP contribution in [0.1, 0.15) is 50.4 Å². The first kappa shape index (κ1) is 25.0. The molecular weight excluding hydrogens is 461 g/mol. The van der Waals surface area contributed by atoms with Crippen LogP contribution in [-0.2, 0) is 15.0 Å². The van der Waals surface area contributed by atoms with Gasteiger partial charge in [0.05, 0.1) is 18.2 Å². The number of aliphatic hydroxyl groups excluding tert-OH is 1. The van der Waals surface area contributed by atoms with Crippen molar-refractivity contribution in [3.8, 4) is 11.5 Å². The number of ether oxygens (including phenoxy) is 1. The summed E-state index contributed by atoms with van der Waals surface area (Å²) < 4.78 is 19.4. The summed E-state index contributed by atoms with van der Waals surface area (Å²) in [4.78, 5) is 27.8. The first-order valence-corrected chi connectivity index (χ1v) is 11.7. The van der Waals surface area contributed by atoms with Crippen LogP contribution in [0.15, 0.2) is 72.3 Å². The van der Waals surface area contributed by atoms with Crippen LogP contribution >= 0.6 is 0 Å². The molecule has 0 saturated carbocycles. The number of phenolic OH excluding ortho intramolecular Hbond substituents is 1. The Bertz CT molecular complexity index is 1350. The summed E-state index contributed by atoms with van der Waals surface area (Å²) in [7, 11) is 0. The highest BCUT2D eigenvalue weighted by atomic mass is 19.1. The van der Waals surface area contributed by atoms with Crippen molar-refractivity contribution < 1.29 is 28.9 Å². The number of benzene rings is 3. The molecule has 7 heteroatoms. The Hall–Kier alpha value is -4.13. The second kappa shape index (κ2) is 9.49. The second-order valence-corrected chi connectivity index (χ2v) is 9.63. The van der Waals surface area contributed by atoms with Gasteiger partial charge in [-0.15, -0.1) is 0 Å². The van der Waals surface area contributed by atoms with Gasteiger partial charge in [0.1, 0.15) is 23.1 Å². The smallest absolute Gasteiger partial charge is 0.300 e. The molecular formula is C29H28FNO5. The standard InChI is InChI=1S/C29H28FNO5/c1-5-36-23-14-9-18(16-22(23)29(2,3)4)26(33)24-25(17-7-6-8-21(32)15-17)31(28(35)27(24)34)20-12-10-19(30)11-13-20/h6-16,25,32-33H,5H2,1-4H3/b26-24-. The average molecular weight is 490 g/mol. The summed E-state index contributed by atoms with van der Waals surface area (Å²) in [5, 5.41) is 21.6. The van der Waals surface area contributed by atoms with Gasteiger partial charge in [0.15, 0.2) is 0 Å². The minimum atomic E-state index is -1.03. The van der Waals surface area contributed by atoms with E-state index in [1.165, 1.54) is 41.3 Å². The number of nitrogens with zero attached hydrogens (tertiary/aromatic N) is 1. The van der Waals surface area contributed by atoms with E-state index in [-0.39, 0.29) is 28.2 Å². The van der Waals surface area contributed by atoms with Crippen LogP contribution in [-0.4, -0.2) is 28.5 Å². The largest absolute Gasteiger partial charge is 0.508 e. The van der Waals surface area contributed by atoms with Gasteiger partial charge in [-0.1, -0.05) is 32.9 Å². The lowest BCUT2D eigenvalue weighted by Crippen LogP contribution is -2.29. The third kappa shape index (κ3) is 4.56. The number of rotatable bonds is 5. The van der Waals surface area contributed by atoms with Crippen molar-refractivity contribution in [3.05, 3.63) is 94.8 Å². The maximum Gasteiger partial charge on any atom is 0.300 e. The number of hydrogen-bond acceptors (Lipinski definition) is 5. The topological polar surface area (TPSA) is 87.1 Å². The third-order valence-corrected chi connectivity index (χ3v) is 6.10. The van der Waals surface area contributed by atoms with E-state index >= 15 is 0 Å². The Morgan fingerprint density at radius 2 is 1.72 bits per heavy atom. The Labute approximate surface area is 209 Å². The molecule has 0 aliphatic carbocycles. The minimum Gasteiger partial charge on any atom is -0.508 e.